The van der Waals surface area contributed by atoms with Crippen LogP contribution in [0.1, 0.15) is 24.1 Å². The van der Waals surface area contributed by atoms with Gasteiger partial charge in [-0.05, 0) is 57.0 Å². The van der Waals surface area contributed by atoms with Gasteiger partial charge in [-0.25, -0.2) is 0 Å². The average Bonchev–Trinajstić information content (AvgIpc) is 2.84. The maximum absolute atomic E-state index is 2.56. The smallest absolute Gasteiger partial charge is 0.0485 e. The first-order valence-corrected chi connectivity index (χ1v) is 7.67. The number of halogens is 1. The molecule has 1 aromatic carbocycles. The van der Waals surface area contributed by atoms with Crippen LogP contribution in [0.25, 0.3) is 11.3 Å². The second-order valence-corrected chi connectivity index (χ2v) is 6.03. The molecule has 0 N–H and O–H groups in total. The lowest BCUT2D eigenvalue weighted by Gasteiger charge is -2.19. The minimum atomic E-state index is 0. The number of nitrogens with zero attached hydrogens (tertiary/aromatic N) is 2. The van der Waals surface area contributed by atoms with Crippen molar-refractivity contribution in [1.29, 1.82) is 0 Å². The Balaban J connectivity index is 0.00000161. The summed E-state index contributed by atoms with van der Waals surface area (Å²) in [5, 5.41) is 0. The Morgan fingerprint density at radius 3 is 2.48 bits per heavy atom. The lowest BCUT2D eigenvalue weighted by atomic mass is 9.98. The zero-order chi connectivity index (χ0) is 13.9. The second kappa shape index (κ2) is 7.15. The molecule has 2 aromatic rings. The summed E-state index contributed by atoms with van der Waals surface area (Å²) < 4.78 is 2.56. The quantitative estimate of drug-likeness (QED) is 0.828. The van der Waals surface area contributed by atoms with Crippen molar-refractivity contribution in [2.45, 2.75) is 32.2 Å². The van der Waals surface area contributed by atoms with Gasteiger partial charge in [0.1, 0.15) is 0 Å². The number of hydrogen-bond acceptors (Lipinski definition) is 1. The topological polar surface area (TPSA) is 8.17 Å². The van der Waals surface area contributed by atoms with E-state index in [4.69, 9.17) is 0 Å². The lowest BCUT2D eigenvalue weighted by Crippen LogP contribution is -2.20. The Morgan fingerprint density at radius 2 is 1.76 bits per heavy atom. The summed E-state index contributed by atoms with van der Waals surface area (Å²) in [6.45, 7) is 2.19. The molecule has 1 aliphatic carbocycles. The molecule has 114 valence electrons. The first-order valence-electron chi connectivity index (χ1n) is 7.67. The highest BCUT2D eigenvalue weighted by molar-refractivity contribution is 5.85. The standard InChI is InChI=1S/C18H24N2.ClH/c1-19(2)12-13-20-17-11-7-6-10-16(17)14-18(20)15-8-4-3-5-9-15;/h3-5,8-9,14H,6-7,10-13H2,1-2H3;1H. The molecule has 3 heteroatoms. The van der Waals surface area contributed by atoms with Crippen molar-refractivity contribution < 1.29 is 0 Å². The largest absolute Gasteiger partial charge is 0.343 e. The highest BCUT2D eigenvalue weighted by Crippen LogP contribution is 2.30. The molecule has 0 spiro atoms. The molecule has 0 aliphatic heterocycles. The third-order valence-electron chi connectivity index (χ3n) is 4.25. The summed E-state index contributed by atoms with van der Waals surface area (Å²) in [6.07, 6.45) is 5.19. The zero-order valence-corrected chi connectivity index (χ0v) is 13.8. The van der Waals surface area contributed by atoms with Gasteiger partial charge in [-0.15, -0.1) is 12.4 Å². The molecular formula is C18H25ClN2. The monoisotopic (exact) mass is 304 g/mol. The van der Waals surface area contributed by atoms with E-state index in [-0.39, 0.29) is 12.4 Å². The van der Waals surface area contributed by atoms with Gasteiger partial charge in [0.25, 0.3) is 0 Å². The van der Waals surface area contributed by atoms with Gasteiger partial charge in [-0.2, -0.15) is 0 Å². The van der Waals surface area contributed by atoms with Crippen LogP contribution in [0.3, 0.4) is 0 Å². The Bertz CT molecular complexity index is 572. The summed E-state index contributed by atoms with van der Waals surface area (Å²) >= 11 is 0. The molecule has 0 saturated heterocycles. The van der Waals surface area contributed by atoms with Crippen LogP contribution in [-0.2, 0) is 19.4 Å². The van der Waals surface area contributed by atoms with Crippen molar-refractivity contribution in [2.75, 3.05) is 20.6 Å². The van der Waals surface area contributed by atoms with Crippen LogP contribution in [0.2, 0.25) is 0 Å². The average molecular weight is 305 g/mol. The predicted molar refractivity (Wildman–Crippen MR) is 92.3 cm³/mol. The SMILES string of the molecule is CN(C)CCn1c(-c2ccccc2)cc2c1CCCC2.Cl. The van der Waals surface area contributed by atoms with Crippen LogP contribution in [0.5, 0.6) is 0 Å². The minimum Gasteiger partial charge on any atom is -0.343 e. The molecule has 0 atom stereocenters. The van der Waals surface area contributed by atoms with Crippen LogP contribution in [0.15, 0.2) is 36.4 Å². The van der Waals surface area contributed by atoms with Gasteiger partial charge in [-0.1, -0.05) is 30.3 Å². The molecule has 0 radical (unpaired) electrons. The Hall–Kier alpha value is -1.25. The number of benzene rings is 1. The Labute approximate surface area is 134 Å². The molecule has 1 aliphatic rings. The molecule has 0 fully saturated rings. The summed E-state index contributed by atoms with van der Waals surface area (Å²) in [5.74, 6) is 0. The molecule has 2 nitrogen and oxygen atoms in total. The number of aryl methyl sites for hydroxylation is 1. The normalized spacial score (nSPS) is 13.9. The number of likely N-dealkylation sites (N-methyl/N-ethyl adjacent to an activating group) is 1. The van der Waals surface area contributed by atoms with Crippen molar-refractivity contribution in [2.24, 2.45) is 0 Å². The molecule has 0 unspecified atom stereocenters. The minimum absolute atomic E-state index is 0. The lowest BCUT2D eigenvalue weighted by molar-refractivity contribution is 0.381. The summed E-state index contributed by atoms with van der Waals surface area (Å²) in [4.78, 5) is 2.27. The van der Waals surface area contributed by atoms with Crippen molar-refractivity contribution in [3.8, 4) is 11.3 Å². The van der Waals surface area contributed by atoms with Gasteiger partial charge < -0.3 is 9.47 Å². The van der Waals surface area contributed by atoms with Crippen LogP contribution in [0, 0.1) is 0 Å². The van der Waals surface area contributed by atoms with Crippen molar-refractivity contribution in [3.05, 3.63) is 47.7 Å². The van der Waals surface area contributed by atoms with E-state index >= 15 is 0 Å². The number of hydrogen-bond donors (Lipinski definition) is 0. The molecule has 0 amide bonds. The molecular weight excluding hydrogens is 280 g/mol. The van der Waals surface area contributed by atoms with Gasteiger partial charge in [0.2, 0.25) is 0 Å². The Kier molecular flexibility index (Phi) is 5.49. The molecule has 0 saturated carbocycles. The van der Waals surface area contributed by atoms with Crippen LogP contribution >= 0.6 is 12.4 Å². The summed E-state index contributed by atoms with van der Waals surface area (Å²) in [6, 6.07) is 13.3. The third kappa shape index (κ3) is 3.50. The Morgan fingerprint density at radius 1 is 1.05 bits per heavy atom. The highest BCUT2D eigenvalue weighted by atomic mass is 35.5. The highest BCUT2D eigenvalue weighted by Gasteiger charge is 2.18. The maximum atomic E-state index is 2.56. The molecule has 1 heterocycles. The zero-order valence-electron chi connectivity index (χ0n) is 13.0. The number of aromatic nitrogens is 1. The van der Waals surface area contributed by atoms with E-state index < -0.39 is 0 Å². The number of fused-ring (bicyclic) bond motifs is 1. The van der Waals surface area contributed by atoms with Crippen LogP contribution < -0.4 is 0 Å². The van der Waals surface area contributed by atoms with E-state index in [1.54, 1.807) is 11.3 Å². The fourth-order valence-corrected chi connectivity index (χ4v) is 3.17. The van der Waals surface area contributed by atoms with E-state index in [1.807, 2.05) is 0 Å². The van der Waals surface area contributed by atoms with E-state index in [2.05, 4.69) is 60.0 Å². The summed E-state index contributed by atoms with van der Waals surface area (Å²) in [5.41, 5.74) is 5.91. The van der Waals surface area contributed by atoms with E-state index in [0.717, 1.165) is 13.1 Å². The van der Waals surface area contributed by atoms with Gasteiger partial charge in [0, 0.05) is 24.5 Å². The third-order valence-corrected chi connectivity index (χ3v) is 4.25. The van der Waals surface area contributed by atoms with Crippen molar-refractivity contribution in [1.82, 2.24) is 9.47 Å². The molecule has 0 bridgehead atoms. The summed E-state index contributed by atoms with van der Waals surface area (Å²) in [7, 11) is 4.30. The fraction of sp³-hybridized carbons (Fsp3) is 0.444. The molecule has 21 heavy (non-hydrogen) atoms. The first kappa shape index (κ1) is 16.1. The van der Waals surface area contributed by atoms with Gasteiger partial charge in [0.05, 0.1) is 0 Å². The molecule has 3 rings (SSSR count). The fourth-order valence-electron chi connectivity index (χ4n) is 3.17. The predicted octanol–water partition coefficient (Wildman–Crippen LogP) is 4.02. The van der Waals surface area contributed by atoms with Gasteiger partial charge in [-0.3, -0.25) is 0 Å². The van der Waals surface area contributed by atoms with Gasteiger partial charge >= 0.3 is 0 Å². The maximum Gasteiger partial charge on any atom is 0.0485 e. The van der Waals surface area contributed by atoms with Crippen LogP contribution in [-0.4, -0.2) is 30.1 Å². The molecule has 1 aromatic heterocycles. The number of rotatable bonds is 4. The van der Waals surface area contributed by atoms with E-state index in [9.17, 15) is 0 Å². The van der Waals surface area contributed by atoms with Crippen LogP contribution in [0.4, 0.5) is 0 Å². The van der Waals surface area contributed by atoms with Crippen molar-refractivity contribution >= 4 is 12.4 Å². The first-order chi connectivity index (χ1) is 9.75. The second-order valence-electron chi connectivity index (χ2n) is 6.03. The van der Waals surface area contributed by atoms with Gasteiger partial charge in [0.15, 0.2) is 0 Å². The van der Waals surface area contributed by atoms with Crippen molar-refractivity contribution in [3.63, 3.8) is 0 Å². The van der Waals surface area contributed by atoms with E-state index in [1.165, 1.54) is 36.9 Å². The van der Waals surface area contributed by atoms with E-state index in [0.29, 0.717) is 0 Å².